The predicted octanol–water partition coefficient (Wildman–Crippen LogP) is 4.55. The van der Waals surface area contributed by atoms with Crippen LogP contribution in [0.25, 0.3) is 6.08 Å². The average Bonchev–Trinajstić information content (AvgIpc) is 2.69. The number of amides is 1. The van der Waals surface area contributed by atoms with Gasteiger partial charge in [-0.2, -0.15) is 0 Å². The number of benzene rings is 2. The van der Waals surface area contributed by atoms with E-state index in [-0.39, 0.29) is 6.61 Å². The first kappa shape index (κ1) is 21.9. The molecule has 0 fully saturated rings. The Hall–Kier alpha value is -2.41. The van der Waals surface area contributed by atoms with Gasteiger partial charge in [-0.05, 0) is 49.6 Å². The number of ether oxygens (including phenoxy) is 1. The third-order valence-corrected chi connectivity index (χ3v) is 4.62. The second-order valence-electron chi connectivity index (χ2n) is 6.49. The maximum Gasteiger partial charge on any atom is 0.267 e. The molecular formula is C22H24BrNO4. The zero-order valence-corrected chi connectivity index (χ0v) is 17.5. The SMILES string of the molecule is CC(C)=CCc1c(CO)ccc(/C=C/C(=O)NO)c1OCc1ccc(Br)cc1. The minimum Gasteiger partial charge on any atom is -0.488 e. The normalized spacial score (nSPS) is 10.8. The molecule has 0 saturated heterocycles. The molecule has 2 rings (SSSR count). The van der Waals surface area contributed by atoms with Gasteiger partial charge in [-0.1, -0.05) is 51.8 Å². The van der Waals surface area contributed by atoms with Gasteiger partial charge in [0.2, 0.25) is 0 Å². The van der Waals surface area contributed by atoms with Gasteiger partial charge in [-0.3, -0.25) is 10.0 Å². The number of allylic oxidation sites excluding steroid dienone is 2. The minimum atomic E-state index is -0.629. The van der Waals surface area contributed by atoms with Crippen LogP contribution in [-0.2, 0) is 24.4 Å². The summed E-state index contributed by atoms with van der Waals surface area (Å²) in [7, 11) is 0. The summed E-state index contributed by atoms with van der Waals surface area (Å²) in [5.41, 5.74) is 6.05. The molecule has 0 radical (unpaired) electrons. The molecule has 0 unspecified atom stereocenters. The highest BCUT2D eigenvalue weighted by Gasteiger charge is 2.13. The molecule has 0 heterocycles. The van der Waals surface area contributed by atoms with Crippen LogP contribution in [0.4, 0.5) is 0 Å². The van der Waals surface area contributed by atoms with Crippen molar-refractivity contribution < 1.29 is 19.8 Å². The number of hydroxylamine groups is 1. The van der Waals surface area contributed by atoms with Crippen molar-refractivity contribution in [2.45, 2.75) is 33.5 Å². The van der Waals surface area contributed by atoms with Crippen LogP contribution in [0.2, 0.25) is 0 Å². The molecular weight excluding hydrogens is 422 g/mol. The predicted molar refractivity (Wildman–Crippen MR) is 113 cm³/mol. The van der Waals surface area contributed by atoms with Gasteiger partial charge >= 0.3 is 0 Å². The molecule has 1 amide bonds. The average molecular weight is 446 g/mol. The van der Waals surface area contributed by atoms with E-state index in [0.717, 1.165) is 26.7 Å². The number of halogens is 1. The quantitative estimate of drug-likeness (QED) is 0.241. The number of aliphatic hydroxyl groups is 1. The molecule has 5 nitrogen and oxygen atoms in total. The molecule has 0 spiro atoms. The zero-order valence-electron chi connectivity index (χ0n) is 15.9. The van der Waals surface area contributed by atoms with Gasteiger partial charge in [-0.25, -0.2) is 5.48 Å². The van der Waals surface area contributed by atoms with Crippen LogP contribution in [0.3, 0.4) is 0 Å². The fraction of sp³-hybridized carbons (Fsp3) is 0.227. The van der Waals surface area contributed by atoms with Crippen molar-refractivity contribution in [1.82, 2.24) is 5.48 Å². The highest BCUT2D eigenvalue weighted by molar-refractivity contribution is 9.10. The van der Waals surface area contributed by atoms with Crippen molar-refractivity contribution in [2.75, 3.05) is 0 Å². The van der Waals surface area contributed by atoms with Crippen LogP contribution in [0.5, 0.6) is 5.75 Å². The van der Waals surface area contributed by atoms with Gasteiger partial charge in [0, 0.05) is 21.7 Å². The molecule has 0 atom stereocenters. The molecule has 2 aromatic rings. The molecule has 0 aromatic heterocycles. The Kier molecular flexibility index (Phi) is 8.44. The van der Waals surface area contributed by atoms with Gasteiger partial charge in [0.25, 0.3) is 5.91 Å². The monoisotopic (exact) mass is 445 g/mol. The summed E-state index contributed by atoms with van der Waals surface area (Å²) >= 11 is 3.42. The molecule has 148 valence electrons. The summed E-state index contributed by atoms with van der Waals surface area (Å²) in [6.07, 6.45) is 5.47. The Balaban J connectivity index is 2.44. The first-order chi connectivity index (χ1) is 13.4. The summed E-state index contributed by atoms with van der Waals surface area (Å²) in [4.78, 5) is 11.4. The lowest BCUT2D eigenvalue weighted by molar-refractivity contribution is -0.124. The number of carbonyl (C=O) groups is 1. The van der Waals surface area contributed by atoms with Gasteiger partial charge in [0.05, 0.1) is 6.61 Å². The largest absolute Gasteiger partial charge is 0.488 e. The van der Waals surface area contributed by atoms with Gasteiger partial charge < -0.3 is 9.84 Å². The number of hydrogen-bond donors (Lipinski definition) is 3. The summed E-state index contributed by atoms with van der Waals surface area (Å²) < 4.78 is 7.12. The molecule has 3 N–H and O–H groups in total. The van der Waals surface area contributed by atoms with Crippen LogP contribution in [-0.4, -0.2) is 16.2 Å². The maximum absolute atomic E-state index is 11.4. The van der Waals surface area contributed by atoms with Crippen molar-refractivity contribution in [1.29, 1.82) is 0 Å². The smallest absolute Gasteiger partial charge is 0.267 e. The molecule has 0 aliphatic carbocycles. The Morgan fingerprint density at radius 1 is 1.18 bits per heavy atom. The van der Waals surface area contributed by atoms with Crippen LogP contribution in [0, 0.1) is 0 Å². The van der Waals surface area contributed by atoms with Crippen molar-refractivity contribution >= 4 is 27.9 Å². The van der Waals surface area contributed by atoms with E-state index >= 15 is 0 Å². The van der Waals surface area contributed by atoms with Crippen molar-refractivity contribution in [3.05, 3.63) is 80.8 Å². The second kappa shape index (κ2) is 10.8. The summed E-state index contributed by atoms with van der Waals surface area (Å²) in [6, 6.07) is 11.4. The fourth-order valence-corrected chi connectivity index (χ4v) is 2.87. The molecule has 0 aliphatic rings. The van der Waals surface area contributed by atoms with Crippen molar-refractivity contribution in [3.8, 4) is 5.75 Å². The van der Waals surface area contributed by atoms with E-state index in [0.29, 0.717) is 24.3 Å². The maximum atomic E-state index is 11.4. The third kappa shape index (κ3) is 6.34. The van der Waals surface area contributed by atoms with E-state index in [4.69, 9.17) is 9.94 Å². The molecule has 0 saturated carbocycles. The van der Waals surface area contributed by atoms with E-state index in [1.54, 1.807) is 17.6 Å². The molecule has 0 bridgehead atoms. The van der Waals surface area contributed by atoms with Crippen molar-refractivity contribution in [2.24, 2.45) is 0 Å². The van der Waals surface area contributed by atoms with E-state index < -0.39 is 5.91 Å². The van der Waals surface area contributed by atoms with E-state index in [1.807, 2.05) is 44.2 Å². The number of rotatable bonds is 8. The van der Waals surface area contributed by atoms with Crippen LogP contribution in [0.15, 0.2) is 58.6 Å². The van der Waals surface area contributed by atoms with E-state index in [1.165, 1.54) is 6.08 Å². The lowest BCUT2D eigenvalue weighted by Crippen LogP contribution is -2.14. The topological polar surface area (TPSA) is 78.8 Å². The molecule has 6 heteroatoms. The number of nitrogens with one attached hydrogen (secondary N) is 1. The Morgan fingerprint density at radius 2 is 1.89 bits per heavy atom. The van der Waals surface area contributed by atoms with E-state index in [9.17, 15) is 9.90 Å². The number of carbonyl (C=O) groups excluding carboxylic acids is 1. The number of aliphatic hydroxyl groups excluding tert-OH is 1. The molecule has 0 aliphatic heterocycles. The lowest BCUT2D eigenvalue weighted by atomic mass is 9.98. The summed E-state index contributed by atoms with van der Waals surface area (Å²) in [6.45, 7) is 4.26. The minimum absolute atomic E-state index is 0.109. The van der Waals surface area contributed by atoms with Crippen molar-refractivity contribution in [3.63, 3.8) is 0 Å². The summed E-state index contributed by atoms with van der Waals surface area (Å²) in [5, 5.41) is 18.5. The standard InChI is InChI=1S/C22H24BrNO4/c1-15(2)3-11-20-18(13-25)7-6-17(8-12-21(26)24-27)22(20)28-14-16-4-9-19(23)10-5-16/h3-10,12,25,27H,11,13-14H2,1-2H3,(H,24,26)/b12-8+. The van der Waals surface area contributed by atoms with Crippen LogP contribution >= 0.6 is 15.9 Å². The highest BCUT2D eigenvalue weighted by Crippen LogP contribution is 2.31. The molecule has 2 aromatic carbocycles. The number of hydrogen-bond acceptors (Lipinski definition) is 4. The van der Waals surface area contributed by atoms with Gasteiger partial charge in [0.15, 0.2) is 0 Å². The van der Waals surface area contributed by atoms with E-state index in [2.05, 4.69) is 22.0 Å². The van der Waals surface area contributed by atoms with Crippen LogP contribution < -0.4 is 10.2 Å². The molecule has 28 heavy (non-hydrogen) atoms. The second-order valence-corrected chi connectivity index (χ2v) is 7.41. The Bertz CT molecular complexity index is 869. The fourth-order valence-electron chi connectivity index (χ4n) is 2.61. The summed E-state index contributed by atoms with van der Waals surface area (Å²) in [5.74, 6) is -0.0232. The highest BCUT2D eigenvalue weighted by atomic mass is 79.9. The first-order valence-corrected chi connectivity index (χ1v) is 9.62. The Morgan fingerprint density at radius 3 is 2.50 bits per heavy atom. The van der Waals surface area contributed by atoms with Crippen LogP contribution in [0.1, 0.15) is 36.1 Å². The van der Waals surface area contributed by atoms with Gasteiger partial charge in [0.1, 0.15) is 12.4 Å². The third-order valence-electron chi connectivity index (χ3n) is 4.09. The zero-order chi connectivity index (χ0) is 20.5. The lowest BCUT2D eigenvalue weighted by Gasteiger charge is -2.17. The first-order valence-electron chi connectivity index (χ1n) is 8.83. The Labute approximate surface area is 173 Å². The van der Waals surface area contributed by atoms with Gasteiger partial charge in [-0.15, -0.1) is 0 Å².